The van der Waals surface area contributed by atoms with Gasteiger partial charge in [0.2, 0.25) is 21.8 Å². The third-order valence-corrected chi connectivity index (χ3v) is 13.1. The normalized spacial score (nSPS) is 27.3. The molecule has 2 aromatic heterocycles. The predicted molar refractivity (Wildman–Crippen MR) is 199 cm³/mol. The van der Waals surface area contributed by atoms with Crippen molar-refractivity contribution in [3.05, 3.63) is 53.9 Å². The van der Waals surface area contributed by atoms with E-state index in [-0.39, 0.29) is 36.5 Å². The number of methoxy groups -OCH3 is 1. The molecule has 0 spiro atoms. The number of aryl methyl sites for hydroxylation is 1. The van der Waals surface area contributed by atoms with Crippen molar-refractivity contribution in [1.82, 2.24) is 29.7 Å². The standard InChI is InChI=1S/C39H50N6O7S/c1-23-30(51-6)15-14-27-31(21-33(40-34(23)27)45-18-16-32(42-45)38(2,3)4)52-25-19-28-29(20-25)36(47)44(5)17-10-8-7-9-11-24-22-39(24,41-35(28)46)37(48)43-53(49,50)26-12-13-26/h9,11,14-16,18,21,24-26,28-29H,7-8,10,12-13,17,19-20,22H2,1-6H3,(H,41,46)(H,43,48)/b11-9-/t24-,25-,28-,29-,39-/m1/s1. The van der Waals surface area contributed by atoms with Crippen molar-refractivity contribution >= 4 is 38.6 Å². The third kappa shape index (κ3) is 7.26. The minimum absolute atomic E-state index is 0.155. The van der Waals surface area contributed by atoms with Crippen molar-refractivity contribution in [1.29, 1.82) is 0 Å². The highest BCUT2D eigenvalue weighted by Gasteiger charge is 2.62. The lowest BCUT2D eigenvalue weighted by molar-refractivity contribution is -0.140. The molecule has 3 fully saturated rings. The lowest BCUT2D eigenvalue weighted by Crippen LogP contribution is -2.54. The molecule has 5 atom stereocenters. The number of amides is 3. The van der Waals surface area contributed by atoms with Crippen molar-refractivity contribution in [2.45, 2.75) is 101 Å². The first-order valence-electron chi connectivity index (χ1n) is 18.6. The number of benzene rings is 1. The van der Waals surface area contributed by atoms with Crippen LogP contribution < -0.4 is 19.5 Å². The molecular weight excluding hydrogens is 697 g/mol. The Bertz CT molecular complexity index is 2080. The molecular formula is C39H50N6O7S. The number of ether oxygens (including phenoxy) is 2. The molecule has 0 bridgehead atoms. The van der Waals surface area contributed by atoms with Crippen LogP contribution in [-0.2, 0) is 29.8 Å². The van der Waals surface area contributed by atoms with Gasteiger partial charge >= 0.3 is 0 Å². The average Bonchev–Trinajstić information content (AvgIpc) is 3.98. The lowest BCUT2D eigenvalue weighted by Gasteiger charge is -2.26. The molecule has 2 N–H and O–H groups in total. The number of rotatable bonds is 7. The van der Waals surface area contributed by atoms with Crippen LogP contribution in [0.15, 0.2) is 42.6 Å². The second kappa shape index (κ2) is 13.7. The second-order valence-corrected chi connectivity index (χ2v) is 18.2. The van der Waals surface area contributed by atoms with Gasteiger partial charge in [0.1, 0.15) is 23.1 Å². The molecule has 4 aliphatic rings. The van der Waals surface area contributed by atoms with Crippen LogP contribution in [0.25, 0.3) is 16.7 Å². The number of nitrogens with zero attached hydrogens (tertiary/aromatic N) is 4. The Morgan fingerprint density at radius 3 is 2.53 bits per heavy atom. The minimum atomic E-state index is -3.83. The summed E-state index contributed by atoms with van der Waals surface area (Å²) in [7, 11) is -0.460. The number of hydrogen-bond acceptors (Lipinski definition) is 9. The SMILES string of the molecule is COc1ccc2c(O[C@@H]3C[C@H]4C(=O)N[C@]5(C(=O)NS(=O)(=O)C6CC6)C[C@H]5/C=C\CCCCN(C)C(=O)[C@@H]4C3)cc(-n3ccc(C(C)(C)C)n3)nc2c1C. The monoisotopic (exact) mass is 746 g/mol. The van der Waals surface area contributed by atoms with E-state index in [2.05, 4.69) is 30.8 Å². The van der Waals surface area contributed by atoms with Gasteiger partial charge in [-0.2, -0.15) is 5.10 Å². The molecule has 3 amide bonds. The number of nitrogens with one attached hydrogen (secondary N) is 2. The van der Waals surface area contributed by atoms with Crippen LogP contribution in [0.2, 0.25) is 0 Å². The molecule has 1 aliphatic heterocycles. The Morgan fingerprint density at radius 1 is 1.08 bits per heavy atom. The molecule has 0 saturated heterocycles. The Balaban J connectivity index is 1.21. The van der Waals surface area contributed by atoms with Crippen LogP contribution in [0.5, 0.6) is 11.5 Å². The van der Waals surface area contributed by atoms with Crippen molar-refractivity contribution in [3.63, 3.8) is 0 Å². The van der Waals surface area contributed by atoms with E-state index in [1.165, 1.54) is 0 Å². The Labute approximate surface area is 310 Å². The van der Waals surface area contributed by atoms with E-state index < -0.39 is 50.6 Å². The van der Waals surface area contributed by atoms with Crippen LogP contribution >= 0.6 is 0 Å². The number of pyridine rings is 1. The van der Waals surface area contributed by atoms with Crippen LogP contribution in [0.4, 0.5) is 0 Å². The summed E-state index contributed by atoms with van der Waals surface area (Å²) in [5.74, 6) is -1.43. The van der Waals surface area contributed by atoms with Crippen LogP contribution in [0.3, 0.4) is 0 Å². The summed E-state index contributed by atoms with van der Waals surface area (Å²) in [4.78, 5) is 48.7. The van der Waals surface area contributed by atoms with Crippen LogP contribution in [0, 0.1) is 24.7 Å². The predicted octanol–water partition coefficient (Wildman–Crippen LogP) is 4.49. The smallest absolute Gasteiger partial charge is 0.259 e. The molecule has 3 heterocycles. The minimum Gasteiger partial charge on any atom is -0.496 e. The van der Waals surface area contributed by atoms with Gasteiger partial charge < -0.3 is 19.7 Å². The molecule has 14 heteroatoms. The highest BCUT2D eigenvalue weighted by atomic mass is 32.2. The van der Waals surface area contributed by atoms with Crippen molar-refractivity contribution in [3.8, 4) is 17.3 Å². The number of aromatic nitrogens is 3. The van der Waals surface area contributed by atoms with Gasteiger partial charge in [0.15, 0.2) is 5.82 Å². The van der Waals surface area contributed by atoms with E-state index in [0.717, 1.165) is 35.9 Å². The van der Waals surface area contributed by atoms with E-state index in [4.69, 9.17) is 19.6 Å². The summed E-state index contributed by atoms with van der Waals surface area (Å²) in [6, 6.07) is 7.56. The Morgan fingerprint density at radius 2 is 1.83 bits per heavy atom. The maximum atomic E-state index is 14.3. The van der Waals surface area contributed by atoms with Gasteiger partial charge in [-0.25, -0.2) is 18.1 Å². The van der Waals surface area contributed by atoms with Gasteiger partial charge in [0.05, 0.1) is 35.4 Å². The van der Waals surface area contributed by atoms with E-state index in [1.54, 1.807) is 23.7 Å². The molecule has 13 nitrogen and oxygen atoms in total. The Hall–Kier alpha value is -4.46. The third-order valence-electron chi connectivity index (χ3n) is 11.2. The summed E-state index contributed by atoms with van der Waals surface area (Å²) in [6.07, 6.45) is 9.41. The van der Waals surface area contributed by atoms with Crippen molar-refractivity contribution in [2.24, 2.45) is 17.8 Å². The zero-order valence-corrected chi connectivity index (χ0v) is 32.2. The number of sulfonamides is 1. The molecule has 7 rings (SSSR count). The molecule has 3 aromatic rings. The molecule has 3 aliphatic carbocycles. The molecule has 0 radical (unpaired) electrons. The maximum absolute atomic E-state index is 14.3. The summed E-state index contributed by atoms with van der Waals surface area (Å²) in [5.41, 5.74) is 0.835. The summed E-state index contributed by atoms with van der Waals surface area (Å²) >= 11 is 0. The van der Waals surface area contributed by atoms with Crippen LogP contribution in [0.1, 0.15) is 83.4 Å². The summed E-state index contributed by atoms with van der Waals surface area (Å²) in [5, 5.41) is 7.94. The number of fused-ring (bicyclic) bond motifs is 3. The zero-order valence-electron chi connectivity index (χ0n) is 31.3. The quantitative estimate of drug-likeness (QED) is 0.332. The van der Waals surface area contributed by atoms with E-state index in [9.17, 15) is 22.8 Å². The number of carbonyl (C=O) groups excluding carboxylic acids is 3. The number of carbonyl (C=O) groups is 3. The van der Waals surface area contributed by atoms with Crippen molar-refractivity contribution in [2.75, 3.05) is 20.7 Å². The highest BCUT2D eigenvalue weighted by Crippen LogP contribution is 2.47. The van der Waals surface area contributed by atoms with Gasteiger partial charge in [0.25, 0.3) is 5.91 Å². The molecule has 53 heavy (non-hydrogen) atoms. The van der Waals surface area contributed by atoms with Gasteiger partial charge in [-0.3, -0.25) is 19.1 Å². The fraction of sp³-hybridized carbons (Fsp3) is 0.564. The Kier molecular flexibility index (Phi) is 9.57. The molecule has 1 aromatic carbocycles. The first kappa shape index (κ1) is 36.9. The molecule has 284 valence electrons. The van der Waals surface area contributed by atoms with E-state index >= 15 is 0 Å². The molecule has 0 unspecified atom stereocenters. The highest BCUT2D eigenvalue weighted by molar-refractivity contribution is 7.91. The fourth-order valence-electron chi connectivity index (χ4n) is 7.72. The maximum Gasteiger partial charge on any atom is 0.259 e. The summed E-state index contributed by atoms with van der Waals surface area (Å²) < 4.78 is 42.0. The fourth-order valence-corrected chi connectivity index (χ4v) is 9.09. The van der Waals surface area contributed by atoms with Gasteiger partial charge in [0, 0.05) is 48.1 Å². The first-order chi connectivity index (χ1) is 25.1. The second-order valence-electron chi connectivity index (χ2n) is 16.2. The van der Waals surface area contributed by atoms with Gasteiger partial charge in [-0.1, -0.05) is 32.9 Å². The summed E-state index contributed by atoms with van der Waals surface area (Å²) in [6.45, 7) is 8.77. The lowest BCUT2D eigenvalue weighted by atomic mass is 9.93. The van der Waals surface area contributed by atoms with Crippen molar-refractivity contribution < 1.29 is 32.3 Å². The largest absolute Gasteiger partial charge is 0.496 e. The number of hydrogen-bond donors (Lipinski definition) is 2. The zero-order chi connectivity index (χ0) is 37.9. The average molecular weight is 747 g/mol. The van der Waals surface area contributed by atoms with Crippen LogP contribution in [-0.4, -0.2) is 83.4 Å². The number of allylic oxidation sites excluding steroid dienone is 1. The first-order valence-corrected chi connectivity index (χ1v) is 20.2. The van der Waals surface area contributed by atoms with Gasteiger partial charge in [-0.15, -0.1) is 0 Å². The van der Waals surface area contributed by atoms with Gasteiger partial charge in [-0.05, 0) is 76.5 Å². The topological polar surface area (TPSA) is 162 Å². The van der Waals surface area contributed by atoms with E-state index in [0.29, 0.717) is 42.2 Å². The molecule has 3 saturated carbocycles. The van der Waals surface area contributed by atoms with E-state index in [1.807, 2.05) is 49.5 Å².